The monoisotopic (exact) mass is 207 g/mol. The fraction of sp³-hybridized carbons (Fsp3) is 0.545. The lowest BCUT2D eigenvalue weighted by Crippen LogP contribution is -2.51. The Labute approximate surface area is 89.2 Å². The summed E-state index contributed by atoms with van der Waals surface area (Å²) >= 11 is 0. The molecule has 15 heavy (non-hydrogen) atoms. The molecule has 2 rings (SSSR count). The first-order chi connectivity index (χ1) is 7.21. The molecule has 0 atom stereocenters. The van der Waals surface area contributed by atoms with Gasteiger partial charge in [-0.2, -0.15) is 0 Å². The summed E-state index contributed by atoms with van der Waals surface area (Å²) in [6.45, 7) is 0.557. The largest absolute Gasteiger partial charge is 0.367 e. The van der Waals surface area contributed by atoms with E-state index >= 15 is 0 Å². The average Bonchev–Trinajstić information content (AvgIpc) is 2.85. The van der Waals surface area contributed by atoms with Gasteiger partial charge in [0.2, 0.25) is 5.91 Å². The first-order valence-electron chi connectivity index (χ1n) is 5.40. The van der Waals surface area contributed by atoms with Crippen LogP contribution in [0.5, 0.6) is 0 Å². The molecule has 1 saturated carbocycles. The SMILES string of the molecule is NC1(C(=O)NCc2cc[nH]c2)CCCC1. The van der Waals surface area contributed by atoms with Crippen molar-refractivity contribution in [2.24, 2.45) is 5.73 Å². The van der Waals surface area contributed by atoms with Crippen molar-refractivity contribution in [1.29, 1.82) is 0 Å². The second-order valence-electron chi connectivity index (χ2n) is 4.27. The third kappa shape index (κ3) is 2.21. The Kier molecular flexibility index (Phi) is 2.77. The van der Waals surface area contributed by atoms with Crippen LogP contribution in [0.2, 0.25) is 0 Å². The van der Waals surface area contributed by atoms with Crippen LogP contribution >= 0.6 is 0 Å². The van der Waals surface area contributed by atoms with Crippen molar-refractivity contribution in [3.05, 3.63) is 24.0 Å². The van der Waals surface area contributed by atoms with Gasteiger partial charge in [-0.05, 0) is 24.5 Å². The molecule has 0 spiro atoms. The van der Waals surface area contributed by atoms with E-state index in [1.807, 2.05) is 18.5 Å². The maximum absolute atomic E-state index is 11.8. The van der Waals surface area contributed by atoms with E-state index in [9.17, 15) is 4.79 Å². The number of carbonyl (C=O) groups excluding carboxylic acids is 1. The van der Waals surface area contributed by atoms with Gasteiger partial charge in [0.25, 0.3) is 0 Å². The molecule has 1 aliphatic rings. The van der Waals surface area contributed by atoms with Crippen LogP contribution in [-0.4, -0.2) is 16.4 Å². The summed E-state index contributed by atoms with van der Waals surface area (Å²) < 4.78 is 0. The van der Waals surface area contributed by atoms with Crippen LogP contribution in [-0.2, 0) is 11.3 Å². The molecule has 1 aromatic heterocycles. The summed E-state index contributed by atoms with van der Waals surface area (Å²) in [4.78, 5) is 14.8. The van der Waals surface area contributed by atoms with Crippen molar-refractivity contribution >= 4 is 5.91 Å². The van der Waals surface area contributed by atoms with Crippen molar-refractivity contribution in [2.45, 2.75) is 37.8 Å². The molecule has 0 unspecified atom stereocenters. The topological polar surface area (TPSA) is 70.9 Å². The highest BCUT2D eigenvalue weighted by atomic mass is 16.2. The van der Waals surface area contributed by atoms with Gasteiger partial charge < -0.3 is 16.0 Å². The fourth-order valence-electron chi connectivity index (χ4n) is 2.06. The van der Waals surface area contributed by atoms with Gasteiger partial charge in [-0.25, -0.2) is 0 Å². The van der Waals surface area contributed by atoms with Gasteiger partial charge in [-0.15, -0.1) is 0 Å². The molecule has 1 heterocycles. The highest BCUT2D eigenvalue weighted by molar-refractivity contribution is 5.86. The predicted molar refractivity (Wildman–Crippen MR) is 58.0 cm³/mol. The number of hydrogen-bond donors (Lipinski definition) is 3. The Morgan fingerprint density at radius 2 is 2.27 bits per heavy atom. The minimum atomic E-state index is -0.615. The molecule has 1 fully saturated rings. The molecule has 0 aliphatic heterocycles. The van der Waals surface area contributed by atoms with Crippen molar-refractivity contribution in [2.75, 3.05) is 0 Å². The minimum absolute atomic E-state index is 0.0128. The third-order valence-corrected chi connectivity index (χ3v) is 3.06. The van der Waals surface area contributed by atoms with E-state index in [4.69, 9.17) is 5.73 Å². The van der Waals surface area contributed by atoms with E-state index in [0.29, 0.717) is 6.54 Å². The molecule has 4 N–H and O–H groups in total. The predicted octanol–water partition coefficient (Wildman–Crippen LogP) is 0.902. The lowest BCUT2D eigenvalue weighted by Gasteiger charge is -2.21. The smallest absolute Gasteiger partial charge is 0.240 e. The summed E-state index contributed by atoms with van der Waals surface area (Å²) in [5.74, 6) is -0.0128. The van der Waals surface area contributed by atoms with E-state index in [2.05, 4.69) is 10.3 Å². The summed E-state index contributed by atoms with van der Waals surface area (Å²) in [6, 6.07) is 1.94. The summed E-state index contributed by atoms with van der Waals surface area (Å²) in [5.41, 5.74) is 6.48. The van der Waals surface area contributed by atoms with E-state index in [1.54, 1.807) is 0 Å². The van der Waals surface area contributed by atoms with Crippen molar-refractivity contribution in [1.82, 2.24) is 10.3 Å². The van der Waals surface area contributed by atoms with Crippen LogP contribution in [0.3, 0.4) is 0 Å². The summed E-state index contributed by atoms with van der Waals surface area (Å²) in [5, 5.41) is 2.88. The van der Waals surface area contributed by atoms with Crippen molar-refractivity contribution in [3.8, 4) is 0 Å². The Balaban J connectivity index is 1.87. The van der Waals surface area contributed by atoms with E-state index in [-0.39, 0.29) is 5.91 Å². The highest BCUT2D eigenvalue weighted by Crippen LogP contribution is 2.27. The van der Waals surface area contributed by atoms with Crippen LogP contribution in [0.25, 0.3) is 0 Å². The first-order valence-corrected chi connectivity index (χ1v) is 5.40. The zero-order valence-electron chi connectivity index (χ0n) is 8.75. The van der Waals surface area contributed by atoms with Crippen molar-refractivity contribution in [3.63, 3.8) is 0 Å². The number of nitrogens with two attached hydrogens (primary N) is 1. The van der Waals surface area contributed by atoms with E-state index in [1.165, 1.54) is 0 Å². The normalized spacial score (nSPS) is 19.0. The average molecular weight is 207 g/mol. The number of H-pyrrole nitrogens is 1. The molecule has 0 radical (unpaired) electrons. The third-order valence-electron chi connectivity index (χ3n) is 3.06. The Morgan fingerprint density at radius 1 is 1.53 bits per heavy atom. The molecular weight excluding hydrogens is 190 g/mol. The van der Waals surface area contributed by atoms with Gasteiger partial charge in [0.1, 0.15) is 0 Å². The lowest BCUT2D eigenvalue weighted by atomic mass is 9.98. The van der Waals surface area contributed by atoms with E-state index in [0.717, 1.165) is 31.2 Å². The van der Waals surface area contributed by atoms with Gasteiger partial charge in [0.15, 0.2) is 0 Å². The van der Waals surface area contributed by atoms with Gasteiger partial charge in [0, 0.05) is 18.9 Å². The Hall–Kier alpha value is -1.29. The lowest BCUT2D eigenvalue weighted by molar-refractivity contribution is -0.126. The molecule has 1 aromatic rings. The number of aromatic amines is 1. The zero-order chi connectivity index (χ0) is 10.7. The van der Waals surface area contributed by atoms with Crippen LogP contribution in [0.15, 0.2) is 18.5 Å². The van der Waals surface area contributed by atoms with Crippen LogP contribution in [0, 0.1) is 0 Å². The van der Waals surface area contributed by atoms with Gasteiger partial charge in [-0.1, -0.05) is 12.8 Å². The van der Waals surface area contributed by atoms with Gasteiger partial charge in [-0.3, -0.25) is 4.79 Å². The quantitative estimate of drug-likeness (QED) is 0.689. The maximum atomic E-state index is 11.8. The molecule has 82 valence electrons. The molecule has 0 aromatic carbocycles. The molecule has 0 bridgehead atoms. The molecular formula is C11H17N3O. The number of rotatable bonds is 3. The number of amides is 1. The molecule has 4 heteroatoms. The minimum Gasteiger partial charge on any atom is -0.367 e. The highest BCUT2D eigenvalue weighted by Gasteiger charge is 2.36. The second kappa shape index (κ2) is 4.06. The number of nitrogens with one attached hydrogen (secondary N) is 2. The Bertz CT molecular complexity index is 326. The summed E-state index contributed by atoms with van der Waals surface area (Å²) in [6.07, 6.45) is 7.47. The van der Waals surface area contributed by atoms with Crippen LogP contribution in [0.1, 0.15) is 31.2 Å². The molecule has 1 amide bonds. The fourth-order valence-corrected chi connectivity index (χ4v) is 2.06. The van der Waals surface area contributed by atoms with E-state index < -0.39 is 5.54 Å². The van der Waals surface area contributed by atoms with Gasteiger partial charge in [0.05, 0.1) is 5.54 Å². The zero-order valence-corrected chi connectivity index (χ0v) is 8.75. The number of aromatic nitrogens is 1. The first kappa shape index (κ1) is 10.2. The van der Waals surface area contributed by atoms with Gasteiger partial charge >= 0.3 is 0 Å². The molecule has 4 nitrogen and oxygen atoms in total. The standard InChI is InChI=1S/C11H17N3O/c12-11(4-1-2-5-11)10(15)14-8-9-3-6-13-7-9/h3,6-7,13H,1-2,4-5,8,12H2,(H,14,15). The Morgan fingerprint density at radius 3 is 2.87 bits per heavy atom. The maximum Gasteiger partial charge on any atom is 0.240 e. The molecule has 1 aliphatic carbocycles. The summed E-state index contributed by atoms with van der Waals surface area (Å²) in [7, 11) is 0. The number of hydrogen-bond acceptors (Lipinski definition) is 2. The molecule has 0 saturated heterocycles. The van der Waals surface area contributed by atoms with Crippen LogP contribution < -0.4 is 11.1 Å². The van der Waals surface area contributed by atoms with Crippen LogP contribution in [0.4, 0.5) is 0 Å². The number of carbonyl (C=O) groups is 1. The second-order valence-corrected chi connectivity index (χ2v) is 4.27. The van der Waals surface area contributed by atoms with Crippen molar-refractivity contribution < 1.29 is 4.79 Å².